The van der Waals surface area contributed by atoms with Crippen LogP contribution in [-0.2, 0) is 6.42 Å². The maximum Gasteiger partial charge on any atom is 0.212 e. The number of rotatable bonds is 2. The van der Waals surface area contributed by atoms with Gasteiger partial charge in [-0.2, -0.15) is 4.39 Å². The van der Waals surface area contributed by atoms with Crippen molar-refractivity contribution < 1.29 is 4.39 Å². The molecule has 0 amide bonds. The van der Waals surface area contributed by atoms with Gasteiger partial charge in [-0.25, -0.2) is 4.98 Å². The van der Waals surface area contributed by atoms with Crippen LogP contribution in [0.25, 0.3) is 0 Å². The summed E-state index contributed by atoms with van der Waals surface area (Å²) in [5.41, 5.74) is 1.14. The molecule has 0 aromatic carbocycles. The lowest BCUT2D eigenvalue weighted by Crippen LogP contribution is -2.30. The van der Waals surface area contributed by atoms with Gasteiger partial charge in [0.1, 0.15) is 0 Å². The molecule has 2 rings (SSSR count). The number of pyridine rings is 1. The van der Waals surface area contributed by atoms with Gasteiger partial charge in [0.25, 0.3) is 0 Å². The zero-order chi connectivity index (χ0) is 9.80. The number of hydrogen-bond donors (Lipinski definition) is 1. The quantitative estimate of drug-likeness (QED) is 0.726. The fraction of sp³-hybridized carbons (Fsp3) is 0.545. The molecule has 1 atom stereocenters. The van der Waals surface area contributed by atoms with E-state index in [0.29, 0.717) is 5.92 Å². The van der Waals surface area contributed by atoms with Crippen LogP contribution in [-0.4, -0.2) is 18.1 Å². The molecule has 3 heteroatoms. The van der Waals surface area contributed by atoms with Crippen molar-refractivity contribution in [2.24, 2.45) is 5.92 Å². The molecular weight excluding hydrogens is 179 g/mol. The average Bonchev–Trinajstić information content (AvgIpc) is 2.23. The normalized spacial score (nSPS) is 22.2. The van der Waals surface area contributed by atoms with E-state index in [1.54, 1.807) is 6.20 Å². The lowest BCUT2D eigenvalue weighted by Gasteiger charge is -2.22. The van der Waals surface area contributed by atoms with E-state index in [1.165, 1.54) is 18.9 Å². The minimum Gasteiger partial charge on any atom is -0.316 e. The van der Waals surface area contributed by atoms with Crippen molar-refractivity contribution in [2.45, 2.75) is 19.3 Å². The molecule has 1 aromatic heterocycles. The van der Waals surface area contributed by atoms with Crippen molar-refractivity contribution in [1.29, 1.82) is 0 Å². The topological polar surface area (TPSA) is 24.9 Å². The van der Waals surface area contributed by atoms with Crippen molar-refractivity contribution >= 4 is 0 Å². The van der Waals surface area contributed by atoms with E-state index in [0.717, 1.165) is 25.1 Å². The van der Waals surface area contributed by atoms with Crippen LogP contribution < -0.4 is 5.32 Å². The molecule has 1 N–H and O–H groups in total. The largest absolute Gasteiger partial charge is 0.316 e. The molecule has 1 aliphatic heterocycles. The van der Waals surface area contributed by atoms with Gasteiger partial charge in [-0.15, -0.1) is 0 Å². The van der Waals surface area contributed by atoms with Crippen molar-refractivity contribution in [3.8, 4) is 0 Å². The van der Waals surface area contributed by atoms with E-state index in [4.69, 9.17) is 0 Å². The van der Waals surface area contributed by atoms with Crippen molar-refractivity contribution in [1.82, 2.24) is 10.3 Å². The first-order valence-corrected chi connectivity index (χ1v) is 5.16. The molecule has 14 heavy (non-hydrogen) atoms. The van der Waals surface area contributed by atoms with Crippen LogP contribution in [0.1, 0.15) is 18.4 Å². The first kappa shape index (κ1) is 9.59. The number of aromatic nitrogens is 1. The molecule has 0 saturated carbocycles. The highest BCUT2D eigenvalue weighted by molar-refractivity contribution is 5.10. The van der Waals surface area contributed by atoms with Gasteiger partial charge in [-0.1, -0.05) is 6.07 Å². The summed E-state index contributed by atoms with van der Waals surface area (Å²) in [6.45, 7) is 2.22. The first-order valence-electron chi connectivity index (χ1n) is 5.16. The SMILES string of the molecule is Fc1ccc(CC2CCCNC2)cn1. The van der Waals surface area contributed by atoms with E-state index in [2.05, 4.69) is 10.3 Å². The molecular formula is C11H15FN2. The molecule has 0 spiro atoms. The Kier molecular flexibility index (Phi) is 3.09. The predicted molar refractivity (Wildman–Crippen MR) is 53.5 cm³/mol. The number of nitrogens with one attached hydrogen (secondary N) is 1. The molecule has 1 aromatic rings. The van der Waals surface area contributed by atoms with Crippen LogP contribution in [0.2, 0.25) is 0 Å². The summed E-state index contributed by atoms with van der Waals surface area (Å²) in [5, 5.41) is 3.37. The van der Waals surface area contributed by atoms with Crippen LogP contribution in [0.15, 0.2) is 18.3 Å². The molecule has 0 aliphatic carbocycles. The number of nitrogens with zero attached hydrogens (tertiary/aromatic N) is 1. The van der Waals surface area contributed by atoms with Gasteiger partial charge in [-0.05, 0) is 49.9 Å². The fourth-order valence-corrected chi connectivity index (χ4v) is 1.96. The maximum atomic E-state index is 12.5. The third kappa shape index (κ3) is 2.51. The van der Waals surface area contributed by atoms with E-state index in [-0.39, 0.29) is 0 Å². The molecule has 2 nitrogen and oxygen atoms in total. The van der Waals surface area contributed by atoms with E-state index in [1.807, 2.05) is 6.07 Å². The summed E-state index contributed by atoms with van der Waals surface area (Å²) >= 11 is 0. The second kappa shape index (κ2) is 4.51. The van der Waals surface area contributed by atoms with Gasteiger partial charge in [-0.3, -0.25) is 0 Å². The summed E-state index contributed by atoms with van der Waals surface area (Å²) in [4.78, 5) is 3.66. The van der Waals surface area contributed by atoms with Gasteiger partial charge < -0.3 is 5.32 Å². The number of hydrogen-bond acceptors (Lipinski definition) is 2. The summed E-state index contributed by atoms with van der Waals surface area (Å²) in [6, 6.07) is 3.27. The summed E-state index contributed by atoms with van der Waals surface area (Å²) in [6.07, 6.45) is 5.17. The van der Waals surface area contributed by atoms with Crippen molar-refractivity contribution in [3.05, 3.63) is 29.8 Å². The van der Waals surface area contributed by atoms with Gasteiger partial charge in [0.2, 0.25) is 5.95 Å². The number of piperidine rings is 1. The van der Waals surface area contributed by atoms with E-state index < -0.39 is 5.95 Å². The molecule has 1 aliphatic rings. The first-order chi connectivity index (χ1) is 6.84. The Hall–Kier alpha value is -0.960. The predicted octanol–water partition coefficient (Wildman–Crippen LogP) is 1.76. The van der Waals surface area contributed by atoms with E-state index in [9.17, 15) is 4.39 Å². The molecule has 2 heterocycles. The lowest BCUT2D eigenvalue weighted by molar-refractivity contribution is 0.375. The smallest absolute Gasteiger partial charge is 0.212 e. The Bertz CT molecular complexity index is 278. The second-order valence-electron chi connectivity index (χ2n) is 3.91. The Morgan fingerprint density at radius 2 is 2.43 bits per heavy atom. The van der Waals surface area contributed by atoms with Gasteiger partial charge in [0, 0.05) is 6.20 Å². The minimum absolute atomic E-state index is 0.393. The van der Waals surface area contributed by atoms with Crippen LogP contribution in [0.5, 0.6) is 0 Å². The van der Waals surface area contributed by atoms with Gasteiger partial charge in [0.15, 0.2) is 0 Å². The van der Waals surface area contributed by atoms with Crippen LogP contribution >= 0.6 is 0 Å². The molecule has 1 unspecified atom stereocenters. The van der Waals surface area contributed by atoms with Crippen LogP contribution in [0.4, 0.5) is 4.39 Å². The highest BCUT2D eigenvalue weighted by Crippen LogP contribution is 2.15. The molecule has 0 radical (unpaired) electrons. The highest BCUT2D eigenvalue weighted by atomic mass is 19.1. The Morgan fingerprint density at radius 3 is 3.07 bits per heavy atom. The number of halogens is 1. The lowest BCUT2D eigenvalue weighted by atomic mass is 9.93. The summed E-state index contributed by atoms with van der Waals surface area (Å²) in [7, 11) is 0. The third-order valence-electron chi connectivity index (χ3n) is 2.71. The Balaban J connectivity index is 1.92. The average molecular weight is 194 g/mol. The fourth-order valence-electron chi connectivity index (χ4n) is 1.96. The minimum atomic E-state index is -0.393. The molecule has 0 bridgehead atoms. The van der Waals surface area contributed by atoms with Gasteiger partial charge in [0.05, 0.1) is 0 Å². The summed E-state index contributed by atoms with van der Waals surface area (Å²) in [5.74, 6) is 0.298. The van der Waals surface area contributed by atoms with Crippen LogP contribution in [0.3, 0.4) is 0 Å². The standard InChI is InChI=1S/C11H15FN2/c12-11-4-3-10(8-14-11)6-9-2-1-5-13-7-9/h3-4,8-9,13H,1-2,5-7H2. The molecule has 1 fully saturated rings. The van der Waals surface area contributed by atoms with Gasteiger partial charge >= 0.3 is 0 Å². The second-order valence-corrected chi connectivity index (χ2v) is 3.91. The summed E-state index contributed by atoms with van der Waals surface area (Å²) < 4.78 is 12.5. The maximum absolute atomic E-state index is 12.5. The zero-order valence-electron chi connectivity index (χ0n) is 8.17. The van der Waals surface area contributed by atoms with Crippen LogP contribution in [0, 0.1) is 11.9 Å². The van der Waals surface area contributed by atoms with Crippen molar-refractivity contribution in [2.75, 3.05) is 13.1 Å². The Labute approximate surface area is 83.6 Å². The van der Waals surface area contributed by atoms with E-state index >= 15 is 0 Å². The monoisotopic (exact) mass is 194 g/mol. The van der Waals surface area contributed by atoms with Crippen molar-refractivity contribution in [3.63, 3.8) is 0 Å². The Morgan fingerprint density at radius 1 is 1.50 bits per heavy atom. The highest BCUT2D eigenvalue weighted by Gasteiger charge is 2.13. The molecule has 1 saturated heterocycles. The molecule has 76 valence electrons. The third-order valence-corrected chi connectivity index (χ3v) is 2.71. The zero-order valence-corrected chi connectivity index (χ0v) is 8.17.